The van der Waals surface area contributed by atoms with Crippen molar-refractivity contribution in [2.75, 3.05) is 19.8 Å². The lowest BCUT2D eigenvalue weighted by atomic mass is 10.2. The third-order valence-electron chi connectivity index (χ3n) is 2.81. The van der Waals surface area contributed by atoms with Crippen molar-refractivity contribution >= 4 is 12.0 Å². The van der Waals surface area contributed by atoms with Crippen LogP contribution in [0.1, 0.15) is 26.3 Å². The maximum Gasteiger partial charge on any atom is 0.408 e. The summed E-state index contributed by atoms with van der Waals surface area (Å²) in [5.41, 5.74) is 0.297. The van der Waals surface area contributed by atoms with Crippen LogP contribution in [0.3, 0.4) is 0 Å². The first-order valence-corrected chi connectivity index (χ1v) is 7.81. The lowest BCUT2D eigenvalue weighted by molar-refractivity contribution is -0.125. The average Bonchev–Trinajstić information content (AvgIpc) is 2.51. The highest BCUT2D eigenvalue weighted by Crippen LogP contribution is 2.07. The summed E-state index contributed by atoms with van der Waals surface area (Å²) >= 11 is 0. The molecule has 0 fully saturated rings. The first-order chi connectivity index (χ1) is 11.3. The number of rotatable bonds is 8. The van der Waals surface area contributed by atoms with Crippen molar-refractivity contribution in [1.29, 1.82) is 0 Å². The number of carbonyl (C=O) groups is 2. The molecule has 1 atom stereocenters. The Bertz CT molecular complexity index is 513. The number of hydrogen-bond donors (Lipinski definition) is 3. The fraction of sp³-hybridized carbons (Fsp3) is 0.529. The molecule has 0 radical (unpaired) electrons. The van der Waals surface area contributed by atoms with Gasteiger partial charge >= 0.3 is 6.09 Å². The van der Waals surface area contributed by atoms with Gasteiger partial charge in [0.15, 0.2) is 0 Å². The van der Waals surface area contributed by atoms with Gasteiger partial charge in [-0.3, -0.25) is 4.79 Å². The Morgan fingerprint density at radius 1 is 1.21 bits per heavy atom. The number of hydrogen-bond acceptors (Lipinski definition) is 5. The van der Waals surface area contributed by atoms with Crippen LogP contribution in [0.4, 0.5) is 4.79 Å². The summed E-state index contributed by atoms with van der Waals surface area (Å²) in [7, 11) is 0. The van der Waals surface area contributed by atoms with Crippen molar-refractivity contribution in [2.24, 2.45) is 0 Å². The number of alkyl carbamates (subject to hydrolysis) is 1. The smallest absolute Gasteiger partial charge is 0.408 e. The molecular weight excluding hydrogens is 312 g/mol. The van der Waals surface area contributed by atoms with E-state index in [1.54, 1.807) is 20.8 Å². The number of aliphatic hydroxyl groups is 1. The molecule has 1 rings (SSSR count). The zero-order valence-corrected chi connectivity index (χ0v) is 14.4. The fourth-order valence-electron chi connectivity index (χ4n) is 1.80. The topological polar surface area (TPSA) is 96.9 Å². The van der Waals surface area contributed by atoms with Crippen molar-refractivity contribution in [3.05, 3.63) is 35.9 Å². The van der Waals surface area contributed by atoms with Crippen molar-refractivity contribution in [3.63, 3.8) is 0 Å². The van der Waals surface area contributed by atoms with Crippen LogP contribution in [-0.2, 0) is 20.9 Å². The van der Waals surface area contributed by atoms with Crippen LogP contribution in [0, 0.1) is 0 Å². The number of amides is 2. The first kappa shape index (κ1) is 19.9. The molecule has 0 saturated carbocycles. The molecule has 1 aromatic rings. The Morgan fingerprint density at radius 3 is 2.46 bits per heavy atom. The van der Waals surface area contributed by atoms with E-state index in [0.717, 1.165) is 5.56 Å². The predicted octanol–water partition coefficient (Wildman–Crippen LogP) is 1.20. The molecule has 0 heterocycles. The summed E-state index contributed by atoms with van der Waals surface area (Å²) in [5, 5.41) is 13.8. The Labute approximate surface area is 142 Å². The molecule has 7 heteroatoms. The first-order valence-electron chi connectivity index (χ1n) is 7.81. The fourth-order valence-corrected chi connectivity index (χ4v) is 1.80. The predicted molar refractivity (Wildman–Crippen MR) is 89.4 cm³/mol. The lowest BCUT2D eigenvalue weighted by Crippen LogP contribution is -2.51. The van der Waals surface area contributed by atoms with Crippen molar-refractivity contribution < 1.29 is 24.2 Å². The summed E-state index contributed by atoms with van der Waals surface area (Å²) in [6.45, 7) is 5.43. The van der Waals surface area contributed by atoms with Crippen molar-refractivity contribution in [1.82, 2.24) is 10.6 Å². The van der Waals surface area contributed by atoms with Gasteiger partial charge in [-0.05, 0) is 26.3 Å². The second-order valence-corrected chi connectivity index (χ2v) is 6.21. The van der Waals surface area contributed by atoms with E-state index in [-0.39, 0.29) is 19.8 Å². The maximum atomic E-state index is 12.1. The quantitative estimate of drug-likeness (QED) is 0.662. The summed E-state index contributed by atoms with van der Waals surface area (Å²) in [5.74, 6) is -0.442. The number of ether oxygens (including phenoxy) is 2. The number of nitrogens with one attached hydrogen (secondary N) is 2. The third kappa shape index (κ3) is 8.50. The van der Waals surface area contributed by atoms with Crippen LogP contribution in [0.15, 0.2) is 30.3 Å². The average molecular weight is 338 g/mol. The third-order valence-corrected chi connectivity index (χ3v) is 2.81. The molecule has 134 valence electrons. The Balaban J connectivity index is 2.56. The monoisotopic (exact) mass is 338 g/mol. The number of aliphatic hydroxyl groups excluding tert-OH is 1. The Kier molecular flexibility index (Phi) is 8.21. The second kappa shape index (κ2) is 9.89. The highest BCUT2D eigenvalue weighted by Gasteiger charge is 2.24. The zero-order chi connectivity index (χ0) is 18.0. The molecule has 0 aliphatic rings. The minimum atomic E-state index is -0.907. The van der Waals surface area contributed by atoms with Gasteiger partial charge in [0.1, 0.15) is 11.6 Å². The largest absolute Gasteiger partial charge is 0.444 e. The number of carbonyl (C=O) groups excluding carboxylic acids is 2. The van der Waals surface area contributed by atoms with Crippen molar-refractivity contribution in [2.45, 2.75) is 39.0 Å². The van der Waals surface area contributed by atoms with Crippen LogP contribution in [0.25, 0.3) is 0 Å². The lowest BCUT2D eigenvalue weighted by Gasteiger charge is -2.23. The molecule has 0 bridgehead atoms. The maximum absolute atomic E-state index is 12.1. The Morgan fingerprint density at radius 2 is 1.88 bits per heavy atom. The standard InChI is InChI=1S/C17H26N2O5/c1-17(2,3)24-16(22)19-14(15(21)18-9-10-20)12-23-11-13-7-5-4-6-8-13/h4-8,14,20H,9-12H2,1-3H3,(H,18,21)(H,19,22). The Hall–Kier alpha value is -2.12. The minimum Gasteiger partial charge on any atom is -0.444 e. The minimum absolute atomic E-state index is 0.00853. The summed E-state index contributed by atoms with van der Waals surface area (Å²) in [6.07, 6.45) is -0.699. The second-order valence-electron chi connectivity index (χ2n) is 6.21. The summed E-state index contributed by atoms with van der Waals surface area (Å²) in [4.78, 5) is 23.9. The summed E-state index contributed by atoms with van der Waals surface area (Å²) < 4.78 is 10.7. The molecule has 2 amide bonds. The molecule has 0 aromatic heterocycles. The molecule has 0 saturated heterocycles. The van der Waals surface area contributed by atoms with E-state index < -0.39 is 23.6 Å². The van der Waals surface area contributed by atoms with Gasteiger partial charge in [0.25, 0.3) is 0 Å². The molecule has 24 heavy (non-hydrogen) atoms. The van der Waals surface area contributed by atoms with Crippen LogP contribution < -0.4 is 10.6 Å². The van der Waals surface area contributed by atoms with Crippen LogP contribution in [0.2, 0.25) is 0 Å². The highest BCUT2D eigenvalue weighted by atomic mass is 16.6. The normalized spacial score (nSPS) is 12.3. The van der Waals surface area contributed by atoms with Crippen molar-refractivity contribution in [3.8, 4) is 0 Å². The summed E-state index contributed by atoms with van der Waals surface area (Å²) in [6, 6.07) is 8.59. The van der Waals surface area contributed by atoms with Gasteiger partial charge in [-0.1, -0.05) is 30.3 Å². The van der Waals surface area contributed by atoms with Gasteiger partial charge in [0.2, 0.25) is 5.91 Å². The molecule has 0 aliphatic carbocycles. The van der Waals surface area contributed by atoms with E-state index in [2.05, 4.69) is 10.6 Å². The van der Waals surface area contributed by atoms with Crippen LogP contribution >= 0.6 is 0 Å². The van der Waals surface area contributed by atoms with E-state index in [9.17, 15) is 9.59 Å². The molecule has 0 aliphatic heterocycles. The molecule has 7 nitrogen and oxygen atoms in total. The van der Waals surface area contributed by atoms with Gasteiger partial charge in [-0.15, -0.1) is 0 Å². The van der Waals surface area contributed by atoms with Gasteiger partial charge in [-0.2, -0.15) is 0 Å². The molecular formula is C17H26N2O5. The van der Waals surface area contributed by atoms with E-state index in [1.807, 2.05) is 30.3 Å². The van der Waals surface area contributed by atoms with Gasteiger partial charge < -0.3 is 25.2 Å². The van der Waals surface area contributed by atoms with Gasteiger partial charge in [0, 0.05) is 6.54 Å². The number of benzene rings is 1. The molecule has 3 N–H and O–H groups in total. The van der Waals surface area contributed by atoms with Gasteiger partial charge in [-0.25, -0.2) is 4.79 Å². The van der Waals surface area contributed by atoms with E-state index >= 15 is 0 Å². The zero-order valence-electron chi connectivity index (χ0n) is 14.4. The molecule has 0 spiro atoms. The van der Waals surface area contributed by atoms with E-state index in [1.165, 1.54) is 0 Å². The van der Waals surface area contributed by atoms with Gasteiger partial charge in [0.05, 0.1) is 19.8 Å². The van der Waals surface area contributed by atoms with Crippen LogP contribution in [-0.4, -0.2) is 48.5 Å². The van der Waals surface area contributed by atoms with E-state index in [0.29, 0.717) is 6.61 Å². The van der Waals surface area contributed by atoms with E-state index in [4.69, 9.17) is 14.6 Å². The SMILES string of the molecule is CC(C)(C)OC(=O)NC(COCc1ccccc1)C(=O)NCCO. The highest BCUT2D eigenvalue weighted by molar-refractivity contribution is 5.85. The molecule has 1 unspecified atom stereocenters. The van der Waals surface area contributed by atoms with Crippen LogP contribution in [0.5, 0.6) is 0 Å². The molecule has 1 aromatic carbocycles.